The molecule has 0 aromatic heterocycles. The van der Waals surface area contributed by atoms with Crippen LogP contribution in [0.2, 0.25) is 0 Å². The molecule has 3 rings (SSSR count). The first-order chi connectivity index (χ1) is 14.9. The molecule has 1 aliphatic heterocycles. The number of morpholine rings is 1. The van der Waals surface area contributed by atoms with Gasteiger partial charge in [-0.1, -0.05) is 18.2 Å². The second kappa shape index (κ2) is 10.3. The van der Waals surface area contributed by atoms with Crippen LogP contribution >= 0.6 is 0 Å². The second-order valence-corrected chi connectivity index (χ2v) is 7.96. The molecule has 0 spiro atoms. The minimum Gasteiger partial charge on any atom is -0.385 e. The maximum Gasteiger partial charge on any atom is 0.209 e. The number of carbonyl (C=O) groups excluding carboxylic acids is 1. The normalized spacial score (nSPS) is 18.6. The molecule has 0 radical (unpaired) electrons. The first-order valence-corrected chi connectivity index (χ1v) is 10.5. The van der Waals surface area contributed by atoms with E-state index >= 15 is 4.39 Å². The average molecular weight is 433 g/mol. The summed E-state index contributed by atoms with van der Waals surface area (Å²) in [5.74, 6) is -0.893. The lowest BCUT2D eigenvalue weighted by molar-refractivity contribution is -0.158. The summed E-state index contributed by atoms with van der Waals surface area (Å²) in [5.41, 5.74) is -0.100. The molecular formula is C24H29F2NO4. The van der Waals surface area contributed by atoms with Crippen molar-refractivity contribution in [3.05, 3.63) is 59.2 Å². The Labute approximate surface area is 181 Å². The molecule has 1 N–H and O–H groups in total. The molecule has 0 unspecified atom stereocenters. The SMILES string of the molecule is COCCCC[C@@](O)(c1cccc(F)c1-c1ccc(F)c(C)c1)[C@H]1CN(C=O)CCO1. The number of hydrogen-bond acceptors (Lipinski definition) is 4. The minimum atomic E-state index is -1.55. The van der Waals surface area contributed by atoms with Crippen LogP contribution in [0, 0.1) is 18.6 Å². The molecule has 31 heavy (non-hydrogen) atoms. The van der Waals surface area contributed by atoms with Gasteiger partial charge in [0.2, 0.25) is 6.41 Å². The third-order valence-electron chi connectivity index (χ3n) is 5.86. The summed E-state index contributed by atoms with van der Waals surface area (Å²) in [7, 11) is 1.61. The summed E-state index contributed by atoms with van der Waals surface area (Å²) in [6.07, 6.45) is 1.63. The predicted molar refractivity (Wildman–Crippen MR) is 114 cm³/mol. The fourth-order valence-corrected chi connectivity index (χ4v) is 4.14. The number of carbonyl (C=O) groups is 1. The van der Waals surface area contributed by atoms with Crippen molar-refractivity contribution in [1.82, 2.24) is 4.90 Å². The van der Waals surface area contributed by atoms with E-state index in [2.05, 4.69) is 0 Å². The summed E-state index contributed by atoms with van der Waals surface area (Å²) in [4.78, 5) is 12.9. The van der Waals surface area contributed by atoms with Gasteiger partial charge in [0, 0.05) is 32.4 Å². The number of unbranched alkanes of at least 4 members (excludes halogenated alkanes) is 1. The van der Waals surface area contributed by atoms with Crippen molar-refractivity contribution in [1.29, 1.82) is 0 Å². The zero-order valence-corrected chi connectivity index (χ0v) is 17.9. The minimum absolute atomic E-state index is 0.197. The number of benzene rings is 2. The number of ether oxygens (including phenoxy) is 2. The number of nitrogens with zero attached hydrogens (tertiary/aromatic N) is 1. The lowest BCUT2D eigenvalue weighted by atomic mass is 9.78. The molecule has 2 atom stereocenters. The van der Waals surface area contributed by atoms with Gasteiger partial charge >= 0.3 is 0 Å². The Morgan fingerprint density at radius 1 is 1.26 bits per heavy atom. The van der Waals surface area contributed by atoms with Crippen LogP contribution in [0.5, 0.6) is 0 Å². The molecule has 168 valence electrons. The van der Waals surface area contributed by atoms with Gasteiger partial charge in [-0.05, 0) is 61.1 Å². The monoisotopic (exact) mass is 433 g/mol. The largest absolute Gasteiger partial charge is 0.385 e. The van der Waals surface area contributed by atoms with Gasteiger partial charge in [0.25, 0.3) is 0 Å². The Kier molecular flexibility index (Phi) is 7.75. The Morgan fingerprint density at radius 3 is 2.77 bits per heavy atom. The average Bonchev–Trinajstić information content (AvgIpc) is 2.78. The maximum absolute atomic E-state index is 15.1. The van der Waals surface area contributed by atoms with Gasteiger partial charge < -0.3 is 19.5 Å². The molecule has 2 aromatic carbocycles. The maximum atomic E-state index is 15.1. The molecule has 2 aromatic rings. The van der Waals surface area contributed by atoms with E-state index in [0.29, 0.717) is 49.1 Å². The predicted octanol–water partition coefficient (Wildman–Crippen LogP) is 3.80. The number of amides is 1. The van der Waals surface area contributed by atoms with Crippen molar-refractivity contribution in [3.63, 3.8) is 0 Å². The van der Waals surface area contributed by atoms with Crippen LogP contribution in [0.15, 0.2) is 36.4 Å². The molecule has 0 bridgehead atoms. The number of halogens is 2. The van der Waals surface area contributed by atoms with E-state index in [-0.39, 0.29) is 24.5 Å². The highest BCUT2D eigenvalue weighted by molar-refractivity contribution is 5.70. The van der Waals surface area contributed by atoms with Crippen LogP contribution in [-0.4, -0.2) is 55.9 Å². The highest BCUT2D eigenvalue weighted by Gasteiger charge is 2.43. The van der Waals surface area contributed by atoms with E-state index in [9.17, 15) is 14.3 Å². The van der Waals surface area contributed by atoms with Crippen LogP contribution in [0.1, 0.15) is 30.4 Å². The number of hydrogen-bond donors (Lipinski definition) is 1. The van der Waals surface area contributed by atoms with Crippen LogP contribution in [0.4, 0.5) is 8.78 Å². The standard InChI is InChI=1S/C24H29F2NO4/c1-17-14-18(8-9-20(17)25)23-19(6-5-7-21(23)26)24(29,10-3-4-12-30-2)22-15-27(16-28)11-13-31-22/h5-9,14,16,22,29H,3-4,10-13,15H2,1-2H3/t22-,24-/m1/s1. The number of rotatable bonds is 9. The van der Waals surface area contributed by atoms with E-state index in [1.807, 2.05) is 0 Å². The summed E-state index contributed by atoms with van der Waals surface area (Å²) in [6, 6.07) is 8.92. The lowest BCUT2D eigenvalue weighted by Gasteiger charge is -2.42. The van der Waals surface area contributed by atoms with Gasteiger partial charge in [0.15, 0.2) is 0 Å². The Bertz CT molecular complexity index is 907. The van der Waals surface area contributed by atoms with Crippen molar-refractivity contribution < 1.29 is 28.2 Å². The van der Waals surface area contributed by atoms with Crippen LogP contribution < -0.4 is 0 Å². The van der Waals surface area contributed by atoms with Crippen molar-refractivity contribution in [2.45, 2.75) is 37.9 Å². The van der Waals surface area contributed by atoms with Gasteiger partial charge in [-0.15, -0.1) is 0 Å². The first kappa shape index (κ1) is 23.3. The van der Waals surface area contributed by atoms with E-state index in [1.165, 1.54) is 18.2 Å². The highest BCUT2D eigenvalue weighted by Crippen LogP contribution is 2.41. The van der Waals surface area contributed by atoms with E-state index in [4.69, 9.17) is 9.47 Å². The van der Waals surface area contributed by atoms with Gasteiger partial charge in [0.05, 0.1) is 6.61 Å². The van der Waals surface area contributed by atoms with Crippen LogP contribution in [0.25, 0.3) is 11.1 Å². The quantitative estimate of drug-likeness (QED) is 0.483. The molecule has 0 aliphatic carbocycles. The molecule has 7 heteroatoms. The fourth-order valence-electron chi connectivity index (χ4n) is 4.14. The van der Waals surface area contributed by atoms with Crippen molar-refractivity contribution >= 4 is 6.41 Å². The zero-order valence-electron chi connectivity index (χ0n) is 17.9. The van der Waals surface area contributed by atoms with Gasteiger partial charge in [-0.25, -0.2) is 8.78 Å². The number of aryl methyl sites for hydroxylation is 1. The van der Waals surface area contributed by atoms with E-state index in [0.717, 1.165) is 6.41 Å². The highest BCUT2D eigenvalue weighted by atomic mass is 19.1. The van der Waals surface area contributed by atoms with Crippen LogP contribution in [-0.2, 0) is 19.9 Å². The second-order valence-electron chi connectivity index (χ2n) is 7.96. The summed E-state index contributed by atoms with van der Waals surface area (Å²) in [5, 5.41) is 12.0. The van der Waals surface area contributed by atoms with Gasteiger partial charge in [-0.3, -0.25) is 4.79 Å². The smallest absolute Gasteiger partial charge is 0.209 e. The summed E-state index contributed by atoms with van der Waals surface area (Å²) >= 11 is 0. The molecule has 1 saturated heterocycles. The van der Waals surface area contributed by atoms with E-state index in [1.54, 1.807) is 37.1 Å². The molecule has 5 nitrogen and oxygen atoms in total. The first-order valence-electron chi connectivity index (χ1n) is 10.5. The molecule has 1 fully saturated rings. The Morgan fingerprint density at radius 2 is 2.06 bits per heavy atom. The van der Waals surface area contributed by atoms with Gasteiger partial charge in [-0.2, -0.15) is 0 Å². The zero-order chi connectivity index (χ0) is 22.4. The molecule has 1 aliphatic rings. The molecule has 1 heterocycles. The summed E-state index contributed by atoms with van der Waals surface area (Å²) < 4.78 is 40.0. The Hall–Kier alpha value is -2.35. The molecular weight excluding hydrogens is 404 g/mol. The van der Waals surface area contributed by atoms with Crippen molar-refractivity contribution in [3.8, 4) is 11.1 Å². The third kappa shape index (κ3) is 5.11. The third-order valence-corrected chi connectivity index (χ3v) is 5.86. The number of aliphatic hydroxyl groups is 1. The Balaban J connectivity index is 2.09. The van der Waals surface area contributed by atoms with E-state index < -0.39 is 17.5 Å². The van der Waals surface area contributed by atoms with Crippen molar-refractivity contribution in [2.75, 3.05) is 33.4 Å². The van der Waals surface area contributed by atoms with Crippen LogP contribution in [0.3, 0.4) is 0 Å². The topological polar surface area (TPSA) is 59.0 Å². The molecule has 1 amide bonds. The fraction of sp³-hybridized carbons (Fsp3) is 0.458. The number of methoxy groups -OCH3 is 1. The van der Waals surface area contributed by atoms with Crippen molar-refractivity contribution in [2.24, 2.45) is 0 Å². The van der Waals surface area contributed by atoms with Gasteiger partial charge in [0.1, 0.15) is 23.3 Å². The summed E-state index contributed by atoms with van der Waals surface area (Å²) in [6.45, 7) is 3.07. The molecule has 0 saturated carbocycles. The lowest BCUT2D eigenvalue weighted by Crippen LogP contribution is -2.52.